The number of nitrogens with one attached hydrogen (secondary N) is 2. The van der Waals surface area contributed by atoms with Crippen LogP contribution in [-0.2, 0) is 0 Å². The van der Waals surface area contributed by atoms with Gasteiger partial charge < -0.3 is 10.6 Å². The summed E-state index contributed by atoms with van der Waals surface area (Å²) in [6.07, 6.45) is 3.79. The van der Waals surface area contributed by atoms with Crippen LogP contribution in [0.2, 0.25) is 0 Å². The Morgan fingerprint density at radius 2 is 1.42 bits per heavy atom. The Balaban J connectivity index is 1.48. The predicted molar refractivity (Wildman–Crippen MR) is 90.7 cm³/mol. The van der Waals surface area contributed by atoms with E-state index in [9.17, 15) is 0 Å². The molecule has 2 heterocycles. The molecule has 2 aromatic rings. The molecule has 0 spiro atoms. The molecule has 0 aliphatic rings. The number of hydrogen-bond acceptors (Lipinski definition) is 8. The lowest BCUT2D eigenvalue weighted by atomic mass is 10.7. The molecule has 0 aromatic carbocycles. The van der Waals surface area contributed by atoms with E-state index >= 15 is 0 Å². The third kappa shape index (κ3) is 5.60. The Morgan fingerprint density at radius 3 is 1.79 bits per heavy atom. The molecule has 0 atom stereocenters. The second-order valence-corrected chi connectivity index (χ2v) is 8.53. The standard InChI is InChI=1S/C11H16N4S4/c1-8-3-12-10(18-8)14-5-16-7-17-6-15-11-13-4-9(2)19-11/h3-4H,5-7H2,1-2H3,(H,12,14)(H,13,15). The fourth-order valence-corrected chi connectivity index (χ4v) is 4.36. The topological polar surface area (TPSA) is 49.8 Å². The summed E-state index contributed by atoms with van der Waals surface area (Å²) in [6.45, 7) is 4.13. The number of rotatable bonds is 8. The van der Waals surface area contributed by atoms with E-state index < -0.39 is 0 Å². The van der Waals surface area contributed by atoms with E-state index in [1.165, 1.54) is 9.75 Å². The fraction of sp³-hybridized carbons (Fsp3) is 0.455. The SMILES string of the molecule is Cc1cnc(NCSCSCNc2ncc(C)s2)s1. The first-order valence-corrected chi connectivity index (χ1v) is 9.66. The van der Waals surface area contributed by atoms with Crippen LogP contribution in [0.4, 0.5) is 10.3 Å². The van der Waals surface area contributed by atoms with Gasteiger partial charge in [-0.15, -0.1) is 46.2 Å². The maximum absolute atomic E-state index is 4.26. The molecule has 0 bridgehead atoms. The largest absolute Gasteiger partial charge is 0.352 e. The average Bonchev–Trinajstić information content (AvgIpc) is 2.97. The van der Waals surface area contributed by atoms with Gasteiger partial charge in [0, 0.05) is 27.2 Å². The number of nitrogens with zero attached hydrogens (tertiary/aromatic N) is 2. The van der Waals surface area contributed by atoms with Gasteiger partial charge in [0.2, 0.25) is 0 Å². The van der Waals surface area contributed by atoms with E-state index in [4.69, 9.17) is 0 Å². The molecule has 0 unspecified atom stereocenters. The van der Waals surface area contributed by atoms with Crippen LogP contribution >= 0.6 is 46.2 Å². The van der Waals surface area contributed by atoms with E-state index in [0.717, 1.165) is 27.1 Å². The molecule has 0 amide bonds. The minimum Gasteiger partial charge on any atom is -0.352 e. The summed E-state index contributed by atoms with van der Waals surface area (Å²) in [5.74, 6) is 1.80. The summed E-state index contributed by atoms with van der Waals surface area (Å²) >= 11 is 7.11. The molecular formula is C11H16N4S4. The average molecular weight is 333 g/mol. The van der Waals surface area contributed by atoms with E-state index in [1.807, 2.05) is 35.9 Å². The van der Waals surface area contributed by atoms with E-state index in [0.29, 0.717) is 0 Å². The van der Waals surface area contributed by atoms with Gasteiger partial charge in [-0.25, -0.2) is 9.97 Å². The zero-order chi connectivity index (χ0) is 13.5. The highest BCUT2D eigenvalue weighted by Crippen LogP contribution is 2.20. The van der Waals surface area contributed by atoms with E-state index in [2.05, 4.69) is 34.4 Å². The fourth-order valence-electron chi connectivity index (χ4n) is 1.24. The molecule has 4 nitrogen and oxygen atoms in total. The highest BCUT2D eigenvalue weighted by molar-refractivity contribution is 8.16. The van der Waals surface area contributed by atoms with Crippen LogP contribution in [-0.4, -0.2) is 26.8 Å². The number of aromatic nitrogens is 2. The minimum absolute atomic E-state index is 0.899. The summed E-state index contributed by atoms with van der Waals surface area (Å²) < 4.78 is 0. The van der Waals surface area contributed by atoms with Crippen molar-refractivity contribution in [3.8, 4) is 0 Å². The van der Waals surface area contributed by atoms with Gasteiger partial charge in [-0.1, -0.05) is 0 Å². The molecular weight excluding hydrogens is 316 g/mol. The van der Waals surface area contributed by atoms with Crippen LogP contribution in [0.25, 0.3) is 0 Å². The molecule has 0 aliphatic carbocycles. The molecule has 0 fully saturated rings. The Morgan fingerprint density at radius 1 is 0.947 bits per heavy atom. The highest BCUT2D eigenvalue weighted by Gasteiger charge is 1.98. The number of thiazole rings is 2. The normalized spacial score (nSPS) is 10.6. The van der Waals surface area contributed by atoms with Crippen LogP contribution in [0.15, 0.2) is 12.4 Å². The molecule has 8 heteroatoms. The number of aryl methyl sites for hydroxylation is 2. The van der Waals surface area contributed by atoms with Gasteiger partial charge in [0.1, 0.15) is 0 Å². The first-order valence-electron chi connectivity index (χ1n) is 5.72. The van der Waals surface area contributed by atoms with Crippen molar-refractivity contribution in [3.05, 3.63) is 22.1 Å². The Kier molecular flexibility index (Phi) is 6.29. The molecule has 0 saturated heterocycles. The molecule has 104 valence electrons. The minimum atomic E-state index is 0.899. The summed E-state index contributed by atoms with van der Waals surface area (Å²) in [7, 11) is 0. The summed E-state index contributed by atoms with van der Waals surface area (Å²) in [5.41, 5.74) is 0. The van der Waals surface area contributed by atoms with E-state index in [-0.39, 0.29) is 0 Å². The van der Waals surface area contributed by atoms with Crippen molar-refractivity contribution in [1.29, 1.82) is 0 Å². The smallest absolute Gasteiger partial charge is 0.183 e. The van der Waals surface area contributed by atoms with Gasteiger partial charge >= 0.3 is 0 Å². The van der Waals surface area contributed by atoms with Crippen molar-refractivity contribution in [2.75, 3.05) is 27.5 Å². The maximum atomic E-state index is 4.26. The Hall–Kier alpha value is -0.440. The van der Waals surface area contributed by atoms with Crippen molar-refractivity contribution in [3.63, 3.8) is 0 Å². The van der Waals surface area contributed by atoms with Crippen LogP contribution < -0.4 is 10.6 Å². The second-order valence-electron chi connectivity index (χ2n) is 3.72. The monoisotopic (exact) mass is 332 g/mol. The lowest BCUT2D eigenvalue weighted by Gasteiger charge is -2.03. The summed E-state index contributed by atoms with van der Waals surface area (Å²) in [6, 6.07) is 0. The number of thioether (sulfide) groups is 2. The first kappa shape index (κ1) is 15.0. The number of hydrogen-bond donors (Lipinski definition) is 2. The molecule has 2 rings (SSSR count). The van der Waals surface area contributed by atoms with Crippen LogP contribution in [0, 0.1) is 13.8 Å². The van der Waals surface area contributed by atoms with Crippen molar-refractivity contribution in [2.24, 2.45) is 0 Å². The molecule has 2 N–H and O–H groups in total. The second kappa shape index (κ2) is 7.98. The van der Waals surface area contributed by atoms with Gasteiger partial charge in [-0.3, -0.25) is 0 Å². The number of anilines is 2. The van der Waals surface area contributed by atoms with Crippen molar-refractivity contribution < 1.29 is 0 Å². The van der Waals surface area contributed by atoms with Crippen LogP contribution in [0.1, 0.15) is 9.75 Å². The maximum Gasteiger partial charge on any atom is 0.183 e. The van der Waals surface area contributed by atoms with Crippen molar-refractivity contribution in [2.45, 2.75) is 13.8 Å². The first-order chi connectivity index (χ1) is 9.24. The Labute approximate surface area is 129 Å². The highest BCUT2D eigenvalue weighted by atomic mass is 32.2. The zero-order valence-corrected chi connectivity index (χ0v) is 14.1. The summed E-state index contributed by atoms with van der Waals surface area (Å²) in [4.78, 5) is 11.0. The van der Waals surface area contributed by atoms with E-state index in [1.54, 1.807) is 22.7 Å². The Bertz CT molecular complexity index is 452. The van der Waals surface area contributed by atoms with Crippen molar-refractivity contribution >= 4 is 56.5 Å². The molecule has 19 heavy (non-hydrogen) atoms. The summed E-state index contributed by atoms with van der Waals surface area (Å²) in [5, 5.41) is 9.67. The molecule has 0 saturated carbocycles. The van der Waals surface area contributed by atoms with Gasteiger partial charge in [0.25, 0.3) is 0 Å². The van der Waals surface area contributed by atoms with Gasteiger partial charge in [-0.05, 0) is 13.8 Å². The van der Waals surface area contributed by atoms with Gasteiger partial charge in [0.05, 0.1) is 11.8 Å². The lowest BCUT2D eigenvalue weighted by Crippen LogP contribution is -1.99. The molecule has 2 aromatic heterocycles. The molecule has 0 radical (unpaired) electrons. The third-order valence-electron chi connectivity index (χ3n) is 2.06. The van der Waals surface area contributed by atoms with Crippen molar-refractivity contribution in [1.82, 2.24) is 9.97 Å². The molecule has 0 aliphatic heterocycles. The quantitative estimate of drug-likeness (QED) is 0.561. The predicted octanol–water partition coefficient (Wildman–Crippen LogP) is 4.08. The van der Waals surface area contributed by atoms with Crippen LogP contribution in [0.3, 0.4) is 0 Å². The van der Waals surface area contributed by atoms with Gasteiger partial charge in [-0.2, -0.15) is 0 Å². The lowest BCUT2D eigenvalue weighted by molar-refractivity contribution is 1.33. The van der Waals surface area contributed by atoms with Gasteiger partial charge in [0.15, 0.2) is 10.3 Å². The van der Waals surface area contributed by atoms with Crippen LogP contribution in [0.5, 0.6) is 0 Å². The third-order valence-corrected chi connectivity index (χ3v) is 5.83. The zero-order valence-electron chi connectivity index (χ0n) is 10.8.